The van der Waals surface area contributed by atoms with E-state index in [-0.39, 0.29) is 24.0 Å². The summed E-state index contributed by atoms with van der Waals surface area (Å²) < 4.78 is 5.66. The first-order chi connectivity index (χ1) is 8.10. The van der Waals surface area contributed by atoms with Crippen LogP contribution in [-0.2, 0) is 14.3 Å². The predicted octanol–water partition coefficient (Wildman–Crippen LogP) is -0.143. The number of carbonyl (C=O) groups is 2. The van der Waals surface area contributed by atoms with Crippen LogP contribution in [0.1, 0.15) is 26.2 Å². The lowest BCUT2D eigenvalue weighted by Crippen LogP contribution is -2.52. The van der Waals surface area contributed by atoms with Gasteiger partial charge in [-0.1, -0.05) is 0 Å². The number of thiol groups is 1. The topological polar surface area (TPSA) is 67.4 Å². The van der Waals surface area contributed by atoms with Crippen molar-refractivity contribution in [3.05, 3.63) is 0 Å². The maximum Gasteiger partial charge on any atom is 0.243 e. The van der Waals surface area contributed by atoms with E-state index in [9.17, 15) is 9.59 Å². The first-order valence-electron chi connectivity index (χ1n) is 5.94. The largest absolute Gasteiger partial charge is 0.373 e. The van der Waals surface area contributed by atoms with Gasteiger partial charge in [0.05, 0.1) is 18.2 Å². The van der Waals surface area contributed by atoms with Crippen molar-refractivity contribution >= 4 is 24.4 Å². The van der Waals surface area contributed by atoms with Crippen molar-refractivity contribution < 1.29 is 14.3 Å². The first kappa shape index (κ1) is 12.7. The van der Waals surface area contributed by atoms with Crippen LogP contribution in [0.5, 0.6) is 0 Å². The molecule has 2 bridgehead atoms. The molecular weight excluding hydrogens is 240 g/mol. The van der Waals surface area contributed by atoms with Gasteiger partial charge in [0, 0.05) is 12.7 Å². The highest BCUT2D eigenvalue weighted by Gasteiger charge is 2.41. The van der Waals surface area contributed by atoms with E-state index in [0.29, 0.717) is 11.9 Å². The maximum absolute atomic E-state index is 11.9. The van der Waals surface area contributed by atoms with Gasteiger partial charge in [-0.05, 0) is 19.3 Å². The predicted molar refractivity (Wildman–Crippen MR) is 65.9 cm³/mol. The molecule has 2 rings (SSSR count). The monoisotopic (exact) mass is 258 g/mol. The first-order valence-corrected chi connectivity index (χ1v) is 6.57. The summed E-state index contributed by atoms with van der Waals surface area (Å²) >= 11 is 4.07. The Bertz CT molecular complexity index is 324. The van der Waals surface area contributed by atoms with Crippen LogP contribution < -0.4 is 10.6 Å². The van der Waals surface area contributed by atoms with Crippen molar-refractivity contribution in [2.24, 2.45) is 0 Å². The molecule has 2 aliphatic heterocycles. The van der Waals surface area contributed by atoms with Gasteiger partial charge in [0.15, 0.2) is 0 Å². The second kappa shape index (κ2) is 5.27. The SMILES string of the molecule is CC(=O)NC(CS)C(=O)NC1CC2CCC1O2. The molecular formula is C11H18N2O3S. The Morgan fingerprint density at radius 3 is 2.71 bits per heavy atom. The minimum absolute atomic E-state index is 0.0948. The molecule has 0 aliphatic carbocycles. The molecule has 2 heterocycles. The zero-order chi connectivity index (χ0) is 12.4. The third-order valence-corrected chi connectivity index (χ3v) is 3.68. The number of ether oxygens (including phenoxy) is 1. The molecule has 17 heavy (non-hydrogen) atoms. The lowest BCUT2D eigenvalue weighted by atomic mass is 9.95. The number of carbonyl (C=O) groups excluding carboxylic acids is 2. The second-order valence-corrected chi connectivity index (χ2v) is 5.03. The van der Waals surface area contributed by atoms with Gasteiger partial charge in [0.1, 0.15) is 6.04 Å². The Kier molecular flexibility index (Phi) is 3.93. The zero-order valence-electron chi connectivity index (χ0n) is 9.81. The molecule has 2 aliphatic rings. The smallest absolute Gasteiger partial charge is 0.243 e. The lowest BCUT2D eigenvalue weighted by molar-refractivity contribution is -0.128. The Labute approximate surface area is 106 Å². The summed E-state index contributed by atoms with van der Waals surface area (Å²) in [7, 11) is 0. The molecule has 0 radical (unpaired) electrons. The van der Waals surface area contributed by atoms with Gasteiger partial charge in [0.25, 0.3) is 0 Å². The fourth-order valence-electron chi connectivity index (χ4n) is 2.51. The van der Waals surface area contributed by atoms with Gasteiger partial charge < -0.3 is 15.4 Å². The molecule has 0 aromatic rings. The van der Waals surface area contributed by atoms with E-state index in [1.54, 1.807) is 0 Å². The fourth-order valence-corrected chi connectivity index (χ4v) is 2.77. The van der Waals surface area contributed by atoms with Crippen LogP contribution in [-0.4, -0.2) is 41.9 Å². The van der Waals surface area contributed by atoms with Crippen LogP contribution in [0.4, 0.5) is 0 Å². The summed E-state index contributed by atoms with van der Waals surface area (Å²) in [5.41, 5.74) is 0. The highest BCUT2D eigenvalue weighted by atomic mass is 32.1. The van der Waals surface area contributed by atoms with Gasteiger partial charge in [0.2, 0.25) is 11.8 Å². The minimum atomic E-state index is -0.560. The van der Waals surface area contributed by atoms with Gasteiger partial charge in [-0.2, -0.15) is 12.6 Å². The maximum atomic E-state index is 11.9. The third-order valence-electron chi connectivity index (χ3n) is 3.31. The van der Waals surface area contributed by atoms with Gasteiger partial charge in [-0.15, -0.1) is 0 Å². The van der Waals surface area contributed by atoms with Gasteiger partial charge >= 0.3 is 0 Å². The lowest BCUT2D eigenvalue weighted by Gasteiger charge is -2.23. The molecule has 2 amide bonds. The van der Waals surface area contributed by atoms with E-state index >= 15 is 0 Å². The molecule has 2 saturated heterocycles. The second-order valence-electron chi connectivity index (χ2n) is 4.66. The van der Waals surface area contributed by atoms with Gasteiger partial charge in [-0.25, -0.2) is 0 Å². The van der Waals surface area contributed by atoms with E-state index in [2.05, 4.69) is 23.3 Å². The Balaban J connectivity index is 1.85. The zero-order valence-corrected chi connectivity index (χ0v) is 10.7. The third kappa shape index (κ3) is 2.93. The summed E-state index contributed by atoms with van der Waals surface area (Å²) in [4.78, 5) is 22.8. The summed E-state index contributed by atoms with van der Waals surface area (Å²) in [6.45, 7) is 1.39. The Morgan fingerprint density at radius 2 is 2.24 bits per heavy atom. The normalized spacial score (nSPS) is 32.2. The van der Waals surface area contributed by atoms with Crippen LogP contribution >= 0.6 is 12.6 Å². The van der Waals surface area contributed by atoms with Gasteiger partial charge in [-0.3, -0.25) is 9.59 Å². The number of amides is 2. The summed E-state index contributed by atoms with van der Waals surface area (Å²) in [5.74, 6) is -0.0904. The molecule has 2 N–H and O–H groups in total. The van der Waals surface area contributed by atoms with E-state index in [1.165, 1.54) is 6.92 Å². The Hall–Kier alpha value is -0.750. The molecule has 2 fully saturated rings. The number of hydrogen-bond donors (Lipinski definition) is 3. The van der Waals surface area contributed by atoms with Crippen molar-refractivity contribution in [1.29, 1.82) is 0 Å². The molecule has 0 spiro atoms. The number of fused-ring (bicyclic) bond motifs is 2. The summed E-state index contributed by atoms with van der Waals surface area (Å²) in [5, 5.41) is 5.52. The average molecular weight is 258 g/mol. The molecule has 0 aromatic heterocycles. The molecule has 4 unspecified atom stereocenters. The molecule has 5 nitrogen and oxygen atoms in total. The fraction of sp³-hybridized carbons (Fsp3) is 0.818. The molecule has 0 saturated carbocycles. The quantitative estimate of drug-likeness (QED) is 0.615. The molecule has 4 atom stereocenters. The number of rotatable bonds is 4. The van der Waals surface area contributed by atoms with Crippen molar-refractivity contribution in [3.8, 4) is 0 Å². The highest BCUT2D eigenvalue weighted by Crippen LogP contribution is 2.34. The van der Waals surface area contributed by atoms with E-state index < -0.39 is 6.04 Å². The van der Waals surface area contributed by atoms with Crippen molar-refractivity contribution in [1.82, 2.24) is 10.6 Å². The number of nitrogens with one attached hydrogen (secondary N) is 2. The molecule has 0 aromatic carbocycles. The van der Waals surface area contributed by atoms with E-state index in [4.69, 9.17) is 4.74 Å². The van der Waals surface area contributed by atoms with Crippen LogP contribution in [0.15, 0.2) is 0 Å². The van der Waals surface area contributed by atoms with Crippen LogP contribution in [0.2, 0.25) is 0 Å². The van der Waals surface area contributed by atoms with Crippen molar-refractivity contribution in [3.63, 3.8) is 0 Å². The molecule has 6 heteroatoms. The van der Waals surface area contributed by atoms with Crippen molar-refractivity contribution in [2.45, 2.75) is 50.5 Å². The van der Waals surface area contributed by atoms with Crippen LogP contribution in [0.3, 0.4) is 0 Å². The standard InChI is InChI=1S/C11H18N2O3S/c1-6(14)12-9(5-17)11(15)13-8-4-7-2-3-10(8)16-7/h7-10,17H,2-5H2,1H3,(H,12,14)(H,13,15). The minimum Gasteiger partial charge on any atom is -0.373 e. The van der Waals surface area contributed by atoms with E-state index in [0.717, 1.165) is 19.3 Å². The van der Waals surface area contributed by atoms with Crippen LogP contribution in [0.25, 0.3) is 0 Å². The van der Waals surface area contributed by atoms with E-state index in [1.807, 2.05) is 0 Å². The number of hydrogen-bond acceptors (Lipinski definition) is 4. The average Bonchev–Trinajstić information content (AvgIpc) is 2.87. The highest BCUT2D eigenvalue weighted by molar-refractivity contribution is 7.80. The summed E-state index contributed by atoms with van der Waals surface area (Å²) in [6, 6.07) is -0.465. The van der Waals surface area contributed by atoms with Crippen molar-refractivity contribution in [2.75, 3.05) is 5.75 Å². The molecule has 96 valence electrons. The van der Waals surface area contributed by atoms with Crippen LogP contribution in [0, 0.1) is 0 Å². The Morgan fingerprint density at radius 1 is 1.47 bits per heavy atom. The summed E-state index contributed by atoms with van der Waals surface area (Å²) in [6.07, 6.45) is 3.46.